The van der Waals surface area contributed by atoms with Gasteiger partial charge < -0.3 is 9.52 Å². The molecule has 0 unspecified atom stereocenters. The molecule has 3 aromatic heterocycles. The minimum Gasteiger partial charge on any atom is -0.512 e. The van der Waals surface area contributed by atoms with E-state index in [9.17, 15) is 9.90 Å². The number of hydrogen-bond acceptors (Lipinski definition) is 6. The minimum absolute atomic E-state index is 0. The van der Waals surface area contributed by atoms with Gasteiger partial charge in [-0.3, -0.25) is 9.78 Å². The van der Waals surface area contributed by atoms with E-state index in [4.69, 9.17) is 9.40 Å². The maximum Gasteiger partial charge on any atom is 0.223 e. The summed E-state index contributed by atoms with van der Waals surface area (Å²) in [5.41, 5.74) is 5.26. The zero-order valence-corrected chi connectivity index (χ0v) is 33.7. The van der Waals surface area contributed by atoms with Crippen molar-refractivity contribution < 1.29 is 34.4 Å². The number of thiophene rings is 1. The summed E-state index contributed by atoms with van der Waals surface area (Å²) in [5, 5.41) is 17.8. The molecule has 6 rings (SSSR count). The number of rotatable bonds is 8. The minimum atomic E-state index is -0.337. The number of fused-ring (bicyclic) bond motifs is 6. The van der Waals surface area contributed by atoms with Gasteiger partial charge >= 0.3 is 0 Å². The van der Waals surface area contributed by atoms with E-state index in [0.717, 1.165) is 58.7 Å². The topological polar surface area (TPSA) is 76.2 Å². The Morgan fingerprint density at radius 3 is 2.18 bits per heavy atom. The third-order valence-electron chi connectivity index (χ3n) is 10.6. The number of nitrogens with zero attached hydrogens (tertiary/aromatic N) is 2. The molecular weight excluding hydrogens is 805 g/mol. The van der Waals surface area contributed by atoms with E-state index in [0.29, 0.717) is 5.71 Å². The van der Waals surface area contributed by atoms with Crippen molar-refractivity contribution in [2.75, 3.05) is 0 Å². The van der Waals surface area contributed by atoms with Gasteiger partial charge in [-0.2, -0.15) is 0 Å². The molecule has 5 nitrogen and oxygen atoms in total. The second-order valence-electron chi connectivity index (χ2n) is 14.6. The zero-order valence-electron chi connectivity index (χ0n) is 30.5. The smallest absolute Gasteiger partial charge is 0.223 e. The number of carbonyl (C=O) groups is 1. The molecule has 0 aliphatic heterocycles. The summed E-state index contributed by atoms with van der Waals surface area (Å²) in [7, 11) is 0. The van der Waals surface area contributed by atoms with Gasteiger partial charge in [0.05, 0.1) is 0 Å². The van der Waals surface area contributed by atoms with Gasteiger partial charge in [-0.05, 0) is 61.1 Å². The summed E-state index contributed by atoms with van der Waals surface area (Å²) in [5.74, 6) is 0.286. The summed E-state index contributed by atoms with van der Waals surface area (Å²) in [6.07, 6.45) is 6.35. The van der Waals surface area contributed by atoms with Crippen molar-refractivity contribution in [3.8, 4) is 11.3 Å². The van der Waals surface area contributed by atoms with Crippen LogP contribution in [-0.4, -0.2) is 20.9 Å². The molecule has 0 amide bonds. The van der Waals surface area contributed by atoms with Crippen LogP contribution in [0.1, 0.15) is 99.1 Å². The number of ketones is 1. The number of allylic oxidation sites excluding steroid dienone is 2. The average Bonchev–Trinajstić information content (AvgIpc) is 3.66. The van der Waals surface area contributed by atoms with Gasteiger partial charge in [-0.1, -0.05) is 91.5 Å². The summed E-state index contributed by atoms with van der Waals surface area (Å²) in [6, 6.07) is 18.6. The van der Waals surface area contributed by atoms with Crippen LogP contribution >= 0.6 is 11.3 Å². The Hall–Kier alpha value is -3.38. The van der Waals surface area contributed by atoms with E-state index in [1.807, 2.05) is 41.5 Å². The van der Waals surface area contributed by atoms with Gasteiger partial charge in [0.1, 0.15) is 17.7 Å². The number of carbonyl (C=O) groups excluding carboxylic acids is 1. The average molecular weight is 854 g/mol. The number of aliphatic hydroxyl groups is 1. The van der Waals surface area contributed by atoms with Crippen molar-refractivity contribution in [2.45, 2.75) is 100 Å². The number of benzene rings is 3. The Bertz CT molecular complexity index is 2140. The van der Waals surface area contributed by atoms with Crippen molar-refractivity contribution in [2.24, 2.45) is 10.8 Å². The Kier molecular flexibility index (Phi) is 11.6. The largest absolute Gasteiger partial charge is 0.512 e. The molecule has 0 bridgehead atoms. The second-order valence-corrected chi connectivity index (χ2v) is 15.5. The van der Waals surface area contributed by atoms with Crippen LogP contribution in [0.15, 0.2) is 70.4 Å². The van der Waals surface area contributed by atoms with Crippen LogP contribution in [0.3, 0.4) is 0 Å². The first-order valence-corrected chi connectivity index (χ1v) is 18.0. The molecule has 0 aliphatic rings. The molecule has 6 aromatic rings. The molecule has 7 heteroatoms. The van der Waals surface area contributed by atoms with E-state index in [-0.39, 0.29) is 47.9 Å². The molecule has 0 saturated heterocycles. The summed E-state index contributed by atoms with van der Waals surface area (Å²) < 4.78 is 7.52. The molecular formula is C42H49IrN2O3S-. The quantitative estimate of drug-likeness (QED) is 0.0938. The van der Waals surface area contributed by atoms with Crippen LogP contribution in [0.5, 0.6) is 0 Å². The fourth-order valence-electron chi connectivity index (χ4n) is 6.20. The van der Waals surface area contributed by atoms with E-state index < -0.39 is 0 Å². The summed E-state index contributed by atoms with van der Waals surface area (Å²) in [4.78, 5) is 21.4. The van der Waals surface area contributed by atoms with Crippen LogP contribution in [0.4, 0.5) is 0 Å². The number of aliphatic hydroxyl groups excluding tert-OH is 1. The van der Waals surface area contributed by atoms with Crippen molar-refractivity contribution in [3.63, 3.8) is 0 Å². The van der Waals surface area contributed by atoms with Crippen LogP contribution in [0.25, 0.3) is 54.2 Å². The predicted octanol–water partition coefficient (Wildman–Crippen LogP) is 12.5. The van der Waals surface area contributed by atoms with Gasteiger partial charge in [0.2, 0.25) is 5.71 Å². The Morgan fingerprint density at radius 1 is 0.898 bits per heavy atom. The van der Waals surface area contributed by atoms with Gasteiger partial charge in [-0.15, -0.1) is 40.5 Å². The molecule has 3 heterocycles. The monoisotopic (exact) mass is 854 g/mol. The molecule has 49 heavy (non-hydrogen) atoms. The van der Waals surface area contributed by atoms with Crippen molar-refractivity contribution >= 4 is 60.0 Å². The summed E-state index contributed by atoms with van der Waals surface area (Å²) >= 11 is 1.74. The van der Waals surface area contributed by atoms with E-state index >= 15 is 0 Å². The van der Waals surface area contributed by atoms with Gasteiger partial charge in [-0.25, -0.2) is 4.98 Å². The first kappa shape index (κ1) is 38.4. The van der Waals surface area contributed by atoms with Gasteiger partial charge in [0, 0.05) is 63.6 Å². The molecule has 0 saturated carbocycles. The van der Waals surface area contributed by atoms with Crippen LogP contribution in [0.2, 0.25) is 0 Å². The van der Waals surface area contributed by atoms with Gasteiger partial charge in [0.25, 0.3) is 0 Å². The molecule has 3 aromatic carbocycles. The van der Waals surface area contributed by atoms with Gasteiger partial charge in [0.15, 0.2) is 5.78 Å². The van der Waals surface area contributed by atoms with Crippen LogP contribution in [0, 0.1) is 23.8 Å². The fourth-order valence-corrected chi connectivity index (χ4v) is 7.14. The van der Waals surface area contributed by atoms with Crippen molar-refractivity contribution in [3.05, 3.63) is 83.2 Å². The normalized spacial score (nSPS) is 12.7. The molecule has 0 spiro atoms. The fraction of sp³-hybridized carbons (Fsp3) is 0.405. The number of aromatic nitrogens is 2. The number of aryl methyl sites for hydroxylation is 1. The third kappa shape index (κ3) is 7.27. The Labute approximate surface area is 308 Å². The van der Waals surface area contributed by atoms with E-state index in [1.165, 1.54) is 32.7 Å². The second kappa shape index (κ2) is 14.8. The third-order valence-corrected chi connectivity index (χ3v) is 11.7. The SMILES string of the molecule is CCC(C)(CC)C(=O)/C=C(\O)C(C)(CC)CC.Cc1csc2ccc3c(oc4ncnc(-c5[c-]c6ccccc6c(C(C)(C)C)c5)c43)c12.[Ir]. The maximum atomic E-state index is 12.2. The summed E-state index contributed by atoms with van der Waals surface area (Å²) in [6.45, 7) is 21.0. The van der Waals surface area contributed by atoms with E-state index in [1.54, 1.807) is 17.7 Å². The van der Waals surface area contributed by atoms with Crippen molar-refractivity contribution in [1.82, 2.24) is 9.97 Å². The Morgan fingerprint density at radius 2 is 1.55 bits per heavy atom. The van der Waals surface area contributed by atoms with Crippen molar-refractivity contribution in [1.29, 1.82) is 0 Å². The molecule has 1 radical (unpaired) electrons. The van der Waals surface area contributed by atoms with E-state index in [2.05, 4.69) is 86.6 Å². The van der Waals surface area contributed by atoms with Crippen LogP contribution in [-0.2, 0) is 30.3 Å². The Balaban J connectivity index is 0.000000260. The molecule has 0 atom stereocenters. The molecule has 0 aliphatic carbocycles. The van der Waals surface area contributed by atoms with Crippen LogP contribution < -0.4 is 0 Å². The molecule has 261 valence electrons. The zero-order chi connectivity index (χ0) is 35.0. The number of furan rings is 1. The first-order chi connectivity index (χ1) is 22.7. The molecule has 0 fully saturated rings. The number of hydrogen-bond donors (Lipinski definition) is 1. The first-order valence-electron chi connectivity index (χ1n) is 17.2. The standard InChI is InChI=1S/C27H21N2OS.C15H28O2.Ir/c1-15-13-31-21-10-9-19-23-24(28-14-29-26(23)30-25(19)22(15)21)17-11-16-7-5-6-8-18(16)20(12-17)27(2,3)4;1-7-14(5,8-2)12(16)11-13(17)15(6,9-3)10-4;/h5-10,12-14H,1-4H3;11,16H,7-10H2,1-6H3;/q-1;;/b;12-11-;. The predicted molar refractivity (Wildman–Crippen MR) is 203 cm³/mol. The maximum absolute atomic E-state index is 12.2. The molecule has 1 N–H and O–H groups in total.